The first-order valence-electron chi connectivity index (χ1n) is 12.1. The largest absolute Gasteiger partial charge is 0.487 e. The molecule has 0 aliphatic carbocycles. The van der Waals surface area contributed by atoms with E-state index in [0.717, 1.165) is 42.9 Å². The number of halogens is 1. The number of rotatable bonds is 11. The summed E-state index contributed by atoms with van der Waals surface area (Å²) >= 11 is 3.44. The van der Waals surface area contributed by atoms with Crippen molar-refractivity contribution in [1.82, 2.24) is 19.8 Å². The second-order valence-corrected chi connectivity index (χ2v) is 9.49. The van der Waals surface area contributed by atoms with Crippen LogP contribution in [0.1, 0.15) is 13.3 Å². The molecule has 196 valence electrons. The van der Waals surface area contributed by atoms with Crippen LogP contribution in [0.3, 0.4) is 0 Å². The van der Waals surface area contributed by atoms with Crippen molar-refractivity contribution in [3.05, 3.63) is 57.3 Å². The van der Waals surface area contributed by atoms with E-state index in [1.165, 1.54) is 12.4 Å². The van der Waals surface area contributed by atoms with Crippen LogP contribution in [0.15, 0.2) is 47.2 Å². The molecule has 12 heteroatoms. The average Bonchev–Trinajstić information content (AvgIpc) is 2.87. The lowest BCUT2D eigenvalue weighted by molar-refractivity contribution is -0.385. The first-order chi connectivity index (χ1) is 17.9. The molecule has 3 aromatic rings. The number of hydrogen-bond donors (Lipinski definition) is 1. The zero-order valence-electron chi connectivity index (χ0n) is 20.6. The van der Waals surface area contributed by atoms with Crippen LogP contribution < -0.4 is 10.1 Å². The number of fused-ring (bicyclic) bond motifs is 1. The number of carbonyl (C=O) groups is 1. The summed E-state index contributed by atoms with van der Waals surface area (Å²) in [6.45, 7) is 6.95. The van der Waals surface area contributed by atoms with Crippen molar-refractivity contribution < 1.29 is 19.2 Å². The Morgan fingerprint density at radius 2 is 1.95 bits per heavy atom. The fourth-order valence-electron chi connectivity index (χ4n) is 4.16. The zero-order chi connectivity index (χ0) is 26.2. The van der Waals surface area contributed by atoms with Crippen LogP contribution in [0.25, 0.3) is 10.9 Å². The SMILES string of the molecule is CCOC(=O)CN1CCN(CCCOc2cc3ncnc(Nc4cccc(Br)c4)c3cc2[N+](=O)[O-])CC1. The maximum atomic E-state index is 11.8. The maximum Gasteiger partial charge on any atom is 0.320 e. The smallest absolute Gasteiger partial charge is 0.320 e. The average molecular weight is 573 g/mol. The molecule has 1 aliphatic rings. The van der Waals surface area contributed by atoms with Gasteiger partial charge in [-0.1, -0.05) is 22.0 Å². The van der Waals surface area contributed by atoms with Crippen molar-refractivity contribution in [3.63, 3.8) is 0 Å². The third-order valence-corrected chi connectivity index (χ3v) is 6.49. The summed E-state index contributed by atoms with van der Waals surface area (Å²) in [7, 11) is 0. The molecule has 1 saturated heterocycles. The topological polar surface area (TPSA) is 123 Å². The number of piperazine rings is 1. The normalized spacial score (nSPS) is 14.4. The number of ether oxygens (including phenoxy) is 2. The summed E-state index contributed by atoms with van der Waals surface area (Å²) < 4.78 is 11.8. The molecular weight excluding hydrogens is 544 g/mol. The second kappa shape index (κ2) is 12.7. The highest BCUT2D eigenvalue weighted by Gasteiger charge is 2.21. The monoisotopic (exact) mass is 572 g/mol. The Morgan fingerprint density at radius 3 is 2.68 bits per heavy atom. The third-order valence-electron chi connectivity index (χ3n) is 6.00. The lowest BCUT2D eigenvalue weighted by Crippen LogP contribution is -2.48. The Hall–Kier alpha value is -3.35. The number of esters is 1. The van der Waals surface area contributed by atoms with Crippen molar-refractivity contribution in [3.8, 4) is 5.75 Å². The minimum atomic E-state index is -0.451. The molecular formula is C25H29BrN6O5. The lowest BCUT2D eigenvalue weighted by Gasteiger charge is -2.34. The zero-order valence-corrected chi connectivity index (χ0v) is 22.1. The van der Waals surface area contributed by atoms with E-state index in [9.17, 15) is 14.9 Å². The van der Waals surface area contributed by atoms with Gasteiger partial charge in [0.2, 0.25) is 0 Å². The summed E-state index contributed by atoms with van der Waals surface area (Å²) in [6.07, 6.45) is 2.13. The molecule has 0 unspecified atom stereocenters. The predicted molar refractivity (Wildman–Crippen MR) is 143 cm³/mol. The molecule has 1 N–H and O–H groups in total. The molecule has 2 aromatic carbocycles. The number of carbonyl (C=O) groups excluding carboxylic acids is 1. The number of aromatic nitrogens is 2. The number of anilines is 2. The Morgan fingerprint density at radius 1 is 1.16 bits per heavy atom. The van der Waals surface area contributed by atoms with Crippen LogP contribution in [-0.2, 0) is 9.53 Å². The van der Waals surface area contributed by atoms with Gasteiger partial charge in [0, 0.05) is 55.0 Å². The van der Waals surface area contributed by atoms with Crippen LogP contribution >= 0.6 is 15.9 Å². The van der Waals surface area contributed by atoms with E-state index in [2.05, 4.69) is 41.0 Å². The first-order valence-corrected chi connectivity index (χ1v) is 12.9. The molecule has 2 heterocycles. The van der Waals surface area contributed by atoms with Gasteiger partial charge in [-0.25, -0.2) is 9.97 Å². The van der Waals surface area contributed by atoms with Gasteiger partial charge >= 0.3 is 11.7 Å². The van der Waals surface area contributed by atoms with Gasteiger partial charge in [-0.3, -0.25) is 19.8 Å². The van der Waals surface area contributed by atoms with Crippen molar-refractivity contribution in [2.45, 2.75) is 13.3 Å². The molecule has 0 radical (unpaired) electrons. The highest BCUT2D eigenvalue weighted by atomic mass is 79.9. The summed E-state index contributed by atoms with van der Waals surface area (Å²) in [5.41, 5.74) is 1.21. The van der Waals surface area contributed by atoms with Crippen LogP contribution in [-0.4, -0.2) is 83.1 Å². The molecule has 4 rings (SSSR count). The Bertz CT molecular complexity index is 1250. The number of nitrogens with one attached hydrogen (secondary N) is 1. The summed E-state index contributed by atoms with van der Waals surface area (Å²) in [6, 6.07) is 10.6. The van der Waals surface area contributed by atoms with Gasteiger partial charge in [0.1, 0.15) is 12.1 Å². The van der Waals surface area contributed by atoms with Crippen molar-refractivity contribution >= 4 is 50.0 Å². The third kappa shape index (κ3) is 7.34. The first kappa shape index (κ1) is 26.7. The van der Waals surface area contributed by atoms with E-state index in [1.807, 2.05) is 24.3 Å². The Balaban J connectivity index is 1.35. The number of hydrogen-bond acceptors (Lipinski definition) is 10. The Kier molecular flexibility index (Phi) is 9.20. The predicted octanol–water partition coefficient (Wildman–Crippen LogP) is 3.99. The molecule has 0 amide bonds. The molecule has 0 atom stereocenters. The molecule has 1 fully saturated rings. The van der Waals surface area contributed by atoms with Crippen molar-refractivity contribution in [2.75, 3.05) is 57.8 Å². The van der Waals surface area contributed by atoms with Gasteiger partial charge in [-0.15, -0.1) is 0 Å². The van der Waals surface area contributed by atoms with Crippen LogP contribution in [0, 0.1) is 10.1 Å². The second-order valence-electron chi connectivity index (χ2n) is 8.58. The fraction of sp³-hybridized carbons (Fsp3) is 0.400. The van der Waals surface area contributed by atoms with E-state index in [1.54, 1.807) is 13.0 Å². The lowest BCUT2D eigenvalue weighted by atomic mass is 10.2. The summed E-state index contributed by atoms with van der Waals surface area (Å²) in [5.74, 6) is 0.464. The Labute approximate surface area is 223 Å². The molecule has 0 saturated carbocycles. The van der Waals surface area contributed by atoms with Crippen molar-refractivity contribution in [2.24, 2.45) is 0 Å². The minimum Gasteiger partial charge on any atom is -0.487 e. The van der Waals surface area contributed by atoms with E-state index in [-0.39, 0.29) is 17.4 Å². The number of benzene rings is 2. The van der Waals surface area contributed by atoms with Gasteiger partial charge in [0.05, 0.1) is 35.6 Å². The highest BCUT2D eigenvalue weighted by Crippen LogP contribution is 2.34. The minimum absolute atomic E-state index is 0.132. The van der Waals surface area contributed by atoms with E-state index < -0.39 is 4.92 Å². The number of nitrogens with zero attached hydrogens (tertiary/aromatic N) is 5. The fourth-order valence-corrected chi connectivity index (χ4v) is 4.56. The van der Waals surface area contributed by atoms with Crippen LogP contribution in [0.2, 0.25) is 0 Å². The molecule has 11 nitrogen and oxygen atoms in total. The molecule has 1 aromatic heterocycles. The standard InChI is InChI=1S/C25H29BrN6O5/c1-2-36-24(33)16-31-10-8-30(9-11-31)7-4-12-37-23-15-21-20(14-22(23)32(34)35)25(28-17-27-21)29-19-6-3-5-18(26)13-19/h3,5-6,13-15,17H,2,4,7-12,16H2,1H3,(H,27,28,29). The quantitative estimate of drug-likeness (QED) is 0.156. The summed E-state index contributed by atoms with van der Waals surface area (Å²) in [5, 5.41) is 15.6. The highest BCUT2D eigenvalue weighted by molar-refractivity contribution is 9.10. The van der Waals surface area contributed by atoms with Crippen LogP contribution in [0.5, 0.6) is 5.75 Å². The molecule has 0 spiro atoms. The molecule has 1 aliphatic heterocycles. The van der Waals surface area contributed by atoms with Gasteiger partial charge in [-0.2, -0.15) is 0 Å². The van der Waals surface area contributed by atoms with Crippen molar-refractivity contribution in [1.29, 1.82) is 0 Å². The maximum absolute atomic E-state index is 11.8. The number of nitro benzene ring substituents is 1. The van der Waals surface area contributed by atoms with E-state index >= 15 is 0 Å². The molecule has 37 heavy (non-hydrogen) atoms. The van der Waals surface area contributed by atoms with E-state index in [0.29, 0.717) is 42.9 Å². The van der Waals surface area contributed by atoms with Gasteiger partial charge < -0.3 is 19.7 Å². The molecule has 0 bridgehead atoms. The number of nitro groups is 1. The van der Waals surface area contributed by atoms with Gasteiger partial charge in [0.25, 0.3) is 0 Å². The van der Waals surface area contributed by atoms with E-state index in [4.69, 9.17) is 9.47 Å². The summed E-state index contributed by atoms with van der Waals surface area (Å²) in [4.78, 5) is 36.0. The van der Waals surface area contributed by atoms with Gasteiger partial charge in [-0.05, 0) is 31.5 Å². The van der Waals surface area contributed by atoms with Gasteiger partial charge in [0.15, 0.2) is 5.75 Å². The van der Waals surface area contributed by atoms with Crippen LogP contribution in [0.4, 0.5) is 17.2 Å².